The largest absolute Gasteiger partial charge is 0.481 e. The number of carboxylic acid groups (broad SMARTS) is 1. The van der Waals surface area contributed by atoms with Gasteiger partial charge in [0.05, 0.1) is 18.2 Å². The van der Waals surface area contributed by atoms with Crippen molar-refractivity contribution in [2.24, 2.45) is 5.41 Å². The summed E-state index contributed by atoms with van der Waals surface area (Å²) in [4.78, 5) is 13.8. The molecule has 0 unspecified atom stereocenters. The molecule has 2 heterocycles. The van der Waals surface area contributed by atoms with E-state index < -0.39 is 11.4 Å². The van der Waals surface area contributed by atoms with Crippen LogP contribution in [0.4, 0.5) is 0 Å². The molecule has 0 radical (unpaired) electrons. The Labute approximate surface area is 114 Å². The molecule has 0 spiro atoms. The van der Waals surface area contributed by atoms with Crippen LogP contribution < -0.4 is 0 Å². The first-order valence-electron chi connectivity index (χ1n) is 7.06. The number of carbonyl (C=O) groups is 1. The fourth-order valence-electron chi connectivity index (χ4n) is 2.96. The van der Waals surface area contributed by atoms with Crippen LogP contribution >= 0.6 is 0 Å². The van der Waals surface area contributed by atoms with Crippen LogP contribution in [-0.4, -0.2) is 29.1 Å². The Balaban J connectivity index is 1.94. The highest BCUT2D eigenvalue weighted by molar-refractivity contribution is 5.74. The number of hydrogen-bond acceptors (Lipinski definition) is 3. The van der Waals surface area contributed by atoms with Crippen molar-refractivity contribution in [2.45, 2.75) is 46.1 Å². The summed E-state index contributed by atoms with van der Waals surface area (Å²) in [5, 5.41) is 9.47. The molecule has 1 N–H and O–H groups in total. The van der Waals surface area contributed by atoms with E-state index in [0.29, 0.717) is 0 Å². The Morgan fingerprint density at radius 1 is 1.47 bits per heavy atom. The SMILES string of the molecule is CCCC1(C(=O)O)CCN(Cc2occc2C)CC1. The molecular weight excluding hydrogens is 242 g/mol. The highest BCUT2D eigenvalue weighted by Gasteiger charge is 2.40. The van der Waals surface area contributed by atoms with E-state index in [4.69, 9.17) is 4.42 Å². The maximum Gasteiger partial charge on any atom is 0.309 e. The third-order valence-electron chi connectivity index (χ3n) is 4.33. The fourth-order valence-corrected chi connectivity index (χ4v) is 2.96. The molecule has 4 nitrogen and oxygen atoms in total. The summed E-state index contributed by atoms with van der Waals surface area (Å²) < 4.78 is 5.46. The van der Waals surface area contributed by atoms with Crippen LogP contribution in [0.2, 0.25) is 0 Å². The molecule has 1 aliphatic heterocycles. The van der Waals surface area contributed by atoms with Crippen molar-refractivity contribution < 1.29 is 14.3 Å². The number of furan rings is 1. The molecular formula is C15H23NO3. The van der Waals surface area contributed by atoms with Crippen LogP contribution in [0, 0.1) is 12.3 Å². The maximum atomic E-state index is 11.5. The number of likely N-dealkylation sites (tertiary alicyclic amines) is 1. The minimum absolute atomic E-state index is 0.497. The van der Waals surface area contributed by atoms with Gasteiger partial charge < -0.3 is 9.52 Å². The van der Waals surface area contributed by atoms with Crippen molar-refractivity contribution in [3.8, 4) is 0 Å². The van der Waals surface area contributed by atoms with E-state index >= 15 is 0 Å². The maximum absolute atomic E-state index is 11.5. The molecule has 0 aliphatic carbocycles. The summed E-state index contributed by atoms with van der Waals surface area (Å²) >= 11 is 0. The average molecular weight is 265 g/mol. The number of rotatable bonds is 5. The van der Waals surface area contributed by atoms with Crippen molar-refractivity contribution >= 4 is 5.97 Å². The summed E-state index contributed by atoms with van der Waals surface area (Å²) in [5.41, 5.74) is 0.673. The topological polar surface area (TPSA) is 53.7 Å². The Bertz CT molecular complexity index is 430. The zero-order chi connectivity index (χ0) is 13.9. The Morgan fingerprint density at radius 3 is 2.63 bits per heavy atom. The summed E-state index contributed by atoms with van der Waals surface area (Å²) in [6.45, 7) is 6.57. The second-order valence-corrected chi connectivity index (χ2v) is 5.64. The lowest BCUT2D eigenvalue weighted by atomic mass is 9.75. The van der Waals surface area contributed by atoms with Crippen LogP contribution in [0.1, 0.15) is 43.9 Å². The number of carboxylic acids is 1. The van der Waals surface area contributed by atoms with E-state index in [-0.39, 0.29) is 0 Å². The van der Waals surface area contributed by atoms with Gasteiger partial charge in [0.2, 0.25) is 0 Å². The molecule has 0 amide bonds. The van der Waals surface area contributed by atoms with Gasteiger partial charge in [0, 0.05) is 0 Å². The monoisotopic (exact) mass is 265 g/mol. The van der Waals surface area contributed by atoms with Crippen molar-refractivity contribution in [1.29, 1.82) is 0 Å². The van der Waals surface area contributed by atoms with Crippen LogP contribution in [0.5, 0.6) is 0 Å². The number of hydrogen-bond donors (Lipinski definition) is 1. The lowest BCUT2D eigenvalue weighted by molar-refractivity contribution is -0.152. The molecule has 2 rings (SSSR count). The molecule has 0 aromatic carbocycles. The van der Waals surface area contributed by atoms with Crippen LogP contribution in [0.15, 0.2) is 16.7 Å². The number of aliphatic carboxylic acids is 1. The van der Waals surface area contributed by atoms with Gasteiger partial charge in [-0.3, -0.25) is 9.69 Å². The van der Waals surface area contributed by atoms with Gasteiger partial charge in [-0.1, -0.05) is 13.3 Å². The standard InChI is InChI=1S/C15H23NO3/c1-3-5-15(14(17)18)6-8-16(9-7-15)11-13-12(2)4-10-19-13/h4,10H,3,5-9,11H2,1-2H3,(H,17,18). The summed E-state index contributed by atoms with van der Waals surface area (Å²) in [5.74, 6) is 0.376. The number of nitrogens with zero attached hydrogens (tertiary/aromatic N) is 1. The van der Waals surface area contributed by atoms with Gasteiger partial charge in [-0.15, -0.1) is 0 Å². The van der Waals surface area contributed by atoms with Gasteiger partial charge in [0.1, 0.15) is 5.76 Å². The quantitative estimate of drug-likeness (QED) is 0.889. The Kier molecular flexibility index (Phi) is 4.30. The van der Waals surface area contributed by atoms with Gasteiger partial charge in [0.15, 0.2) is 0 Å². The molecule has 1 aromatic heterocycles. The van der Waals surface area contributed by atoms with Crippen LogP contribution in [0.25, 0.3) is 0 Å². The smallest absolute Gasteiger partial charge is 0.309 e. The molecule has 0 saturated carbocycles. The van der Waals surface area contributed by atoms with Crippen molar-refractivity contribution in [1.82, 2.24) is 4.90 Å². The first-order valence-corrected chi connectivity index (χ1v) is 7.06. The summed E-state index contributed by atoms with van der Waals surface area (Å²) in [7, 11) is 0. The fraction of sp³-hybridized carbons (Fsp3) is 0.667. The van der Waals surface area contributed by atoms with Crippen molar-refractivity contribution in [3.63, 3.8) is 0 Å². The lowest BCUT2D eigenvalue weighted by Gasteiger charge is -2.38. The van der Waals surface area contributed by atoms with E-state index in [1.165, 1.54) is 5.56 Å². The van der Waals surface area contributed by atoms with Gasteiger partial charge >= 0.3 is 5.97 Å². The molecule has 0 bridgehead atoms. The van der Waals surface area contributed by atoms with Crippen LogP contribution in [-0.2, 0) is 11.3 Å². The number of piperidine rings is 1. The zero-order valence-corrected chi connectivity index (χ0v) is 11.8. The second-order valence-electron chi connectivity index (χ2n) is 5.64. The summed E-state index contributed by atoms with van der Waals surface area (Å²) in [6.07, 6.45) is 4.93. The van der Waals surface area contributed by atoms with Gasteiger partial charge in [-0.25, -0.2) is 0 Å². The van der Waals surface area contributed by atoms with E-state index in [0.717, 1.165) is 51.1 Å². The Morgan fingerprint density at radius 2 is 2.16 bits per heavy atom. The van der Waals surface area contributed by atoms with E-state index in [2.05, 4.69) is 11.8 Å². The second kappa shape index (κ2) is 5.78. The van der Waals surface area contributed by atoms with Gasteiger partial charge in [-0.2, -0.15) is 0 Å². The molecule has 0 atom stereocenters. The first-order chi connectivity index (χ1) is 9.07. The Hall–Kier alpha value is -1.29. The van der Waals surface area contributed by atoms with Crippen molar-refractivity contribution in [2.75, 3.05) is 13.1 Å². The average Bonchev–Trinajstić information content (AvgIpc) is 2.78. The lowest BCUT2D eigenvalue weighted by Crippen LogP contribution is -2.44. The molecule has 106 valence electrons. The summed E-state index contributed by atoms with van der Waals surface area (Å²) in [6, 6.07) is 1.97. The first kappa shape index (κ1) is 14.1. The molecule has 19 heavy (non-hydrogen) atoms. The third kappa shape index (κ3) is 3.00. The highest BCUT2D eigenvalue weighted by atomic mass is 16.4. The molecule has 1 fully saturated rings. The van der Waals surface area contributed by atoms with E-state index in [1.807, 2.05) is 13.0 Å². The molecule has 4 heteroatoms. The molecule has 1 saturated heterocycles. The minimum atomic E-state index is -0.622. The zero-order valence-electron chi connectivity index (χ0n) is 11.8. The predicted octanol–water partition coefficient (Wildman–Crippen LogP) is 3.05. The van der Waals surface area contributed by atoms with Gasteiger partial charge in [-0.05, 0) is 50.9 Å². The number of aryl methyl sites for hydroxylation is 1. The van der Waals surface area contributed by atoms with Crippen LogP contribution in [0.3, 0.4) is 0 Å². The van der Waals surface area contributed by atoms with Gasteiger partial charge in [0.25, 0.3) is 0 Å². The normalized spacial score (nSPS) is 19.5. The third-order valence-corrected chi connectivity index (χ3v) is 4.33. The molecule has 1 aliphatic rings. The van der Waals surface area contributed by atoms with E-state index in [9.17, 15) is 9.90 Å². The predicted molar refractivity (Wildman–Crippen MR) is 72.9 cm³/mol. The minimum Gasteiger partial charge on any atom is -0.481 e. The van der Waals surface area contributed by atoms with E-state index in [1.54, 1.807) is 6.26 Å². The molecule has 1 aromatic rings. The highest BCUT2D eigenvalue weighted by Crippen LogP contribution is 2.36. The van der Waals surface area contributed by atoms with Crippen molar-refractivity contribution in [3.05, 3.63) is 23.7 Å².